The number of halogens is 1. The summed E-state index contributed by atoms with van der Waals surface area (Å²) in [5.41, 5.74) is 1.91. The first-order valence-corrected chi connectivity index (χ1v) is 6.19. The molecule has 2 aromatic heterocycles. The molecule has 0 radical (unpaired) electrons. The van der Waals surface area contributed by atoms with E-state index in [1.165, 1.54) is 0 Å². The molecule has 0 N–H and O–H groups in total. The Bertz CT molecular complexity index is 533. The predicted octanol–water partition coefficient (Wildman–Crippen LogP) is 2.15. The van der Waals surface area contributed by atoms with Gasteiger partial charge in [-0.15, -0.1) is 0 Å². The number of hydrogen-bond acceptors (Lipinski definition) is 3. The minimum absolute atomic E-state index is 0.355. The van der Waals surface area contributed by atoms with Gasteiger partial charge in [-0.25, -0.2) is 9.97 Å². The quantitative estimate of drug-likeness (QED) is 0.810. The average Bonchev–Trinajstić information content (AvgIpc) is 3.01. The first kappa shape index (κ1) is 10.2. The van der Waals surface area contributed by atoms with E-state index in [-0.39, 0.29) is 0 Å². The number of pyridine rings is 1. The van der Waals surface area contributed by atoms with Crippen LogP contribution >= 0.6 is 15.9 Å². The second kappa shape index (κ2) is 3.82. The molecule has 5 heteroatoms. The second-order valence-corrected chi connectivity index (χ2v) is 4.86. The Labute approximate surface area is 102 Å². The number of aryl methyl sites for hydroxylation is 1. The fraction of sp³-hybridized carbons (Fsp3) is 0.455. The monoisotopic (exact) mass is 281 g/mol. The highest BCUT2D eigenvalue weighted by Crippen LogP contribution is 2.21. The van der Waals surface area contributed by atoms with Crippen LogP contribution < -0.4 is 0 Å². The molecule has 0 spiro atoms. The largest absolute Gasteiger partial charge is 0.371 e. The maximum absolute atomic E-state index is 5.27. The molecule has 0 saturated carbocycles. The third-order valence-electron chi connectivity index (χ3n) is 2.74. The van der Waals surface area contributed by atoms with E-state index in [4.69, 9.17) is 4.74 Å². The number of imidazole rings is 1. The summed E-state index contributed by atoms with van der Waals surface area (Å²) in [6.45, 7) is 3.84. The van der Waals surface area contributed by atoms with Crippen molar-refractivity contribution in [2.75, 3.05) is 6.61 Å². The van der Waals surface area contributed by atoms with Gasteiger partial charge >= 0.3 is 0 Å². The SMILES string of the molecule is CCc1nc2cc(Br)cnc2n1CC1CO1. The van der Waals surface area contributed by atoms with E-state index in [9.17, 15) is 0 Å². The van der Waals surface area contributed by atoms with Crippen molar-refractivity contribution in [1.29, 1.82) is 0 Å². The molecule has 0 amide bonds. The lowest BCUT2D eigenvalue weighted by Gasteiger charge is -2.04. The highest BCUT2D eigenvalue weighted by Gasteiger charge is 2.25. The van der Waals surface area contributed by atoms with Crippen molar-refractivity contribution in [1.82, 2.24) is 14.5 Å². The molecule has 1 atom stereocenters. The van der Waals surface area contributed by atoms with Gasteiger partial charge < -0.3 is 9.30 Å². The van der Waals surface area contributed by atoms with Gasteiger partial charge in [0.15, 0.2) is 5.65 Å². The van der Waals surface area contributed by atoms with Crippen LogP contribution in [0.2, 0.25) is 0 Å². The summed E-state index contributed by atoms with van der Waals surface area (Å²) in [5, 5.41) is 0. The average molecular weight is 282 g/mol. The summed E-state index contributed by atoms with van der Waals surface area (Å²) in [4.78, 5) is 9.02. The van der Waals surface area contributed by atoms with Gasteiger partial charge in [-0.2, -0.15) is 0 Å². The molecule has 4 nitrogen and oxygen atoms in total. The number of nitrogens with zero attached hydrogens (tertiary/aromatic N) is 3. The Morgan fingerprint density at radius 1 is 1.62 bits per heavy atom. The fourth-order valence-electron chi connectivity index (χ4n) is 1.87. The summed E-state index contributed by atoms with van der Waals surface area (Å²) >= 11 is 3.41. The maximum Gasteiger partial charge on any atom is 0.160 e. The van der Waals surface area contributed by atoms with E-state index in [1.807, 2.05) is 12.3 Å². The van der Waals surface area contributed by atoms with Gasteiger partial charge in [0.1, 0.15) is 11.3 Å². The Balaban J connectivity index is 2.13. The fourth-order valence-corrected chi connectivity index (χ4v) is 2.19. The van der Waals surface area contributed by atoms with Gasteiger partial charge in [0.25, 0.3) is 0 Å². The van der Waals surface area contributed by atoms with Crippen molar-refractivity contribution < 1.29 is 4.74 Å². The van der Waals surface area contributed by atoms with Crippen molar-refractivity contribution in [3.63, 3.8) is 0 Å². The van der Waals surface area contributed by atoms with Gasteiger partial charge in [-0.1, -0.05) is 6.92 Å². The summed E-state index contributed by atoms with van der Waals surface area (Å²) in [6.07, 6.45) is 3.09. The van der Waals surface area contributed by atoms with E-state index in [0.29, 0.717) is 6.10 Å². The number of fused-ring (bicyclic) bond motifs is 1. The summed E-state index contributed by atoms with van der Waals surface area (Å²) in [6, 6.07) is 2.01. The van der Waals surface area contributed by atoms with Crippen LogP contribution in [0.1, 0.15) is 12.7 Å². The van der Waals surface area contributed by atoms with E-state index in [2.05, 4.69) is 37.4 Å². The zero-order valence-corrected chi connectivity index (χ0v) is 10.6. The van der Waals surface area contributed by atoms with Crippen molar-refractivity contribution in [3.8, 4) is 0 Å². The minimum Gasteiger partial charge on any atom is -0.371 e. The molecule has 1 fully saturated rings. The van der Waals surface area contributed by atoms with Crippen LogP contribution in [0, 0.1) is 0 Å². The summed E-state index contributed by atoms with van der Waals surface area (Å²) in [5.74, 6) is 1.08. The van der Waals surface area contributed by atoms with Crippen LogP contribution in [-0.4, -0.2) is 27.2 Å². The Morgan fingerprint density at radius 3 is 3.12 bits per heavy atom. The summed E-state index contributed by atoms with van der Waals surface area (Å²) < 4.78 is 8.40. The van der Waals surface area contributed by atoms with Gasteiger partial charge in [-0.05, 0) is 22.0 Å². The first-order chi connectivity index (χ1) is 7.78. The molecule has 0 bridgehead atoms. The number of epoxide rings is 1. The normalized spacial score (nSPS) is 19.2. The Kier molecular flexibility index (Phi) is 2.44. The van der Waals surface area contributed by atoms with Gasteiger partial charge in [0, 0.05) is 17.1 Å². The number of ether oxygens (including phenoxy) is 1. The maximum atomic E-state index is 5.27. The molecule has 2 aromatic rings. The van der Waals surface area contributed by atoms with Crippen LogP contribution in [0.15, 0.2) is 16.7 Å². The lowest BCUT2D eigenvalue weighted by Crippen LogP contribution is -2.08. The van der Waals surface area contributed by atoms with Crippen molar-refractivity contribution >= 4 is 27.1 Å². The van der Waals surface area contributed by atoms with Gasteiger partial charge in [0.05, 0.1) is 19.3 Å². The molecule has 0 aromatic carbocycles. The Hall–Kier alpha value is -0.940. The van der Waals surface area contributed by atoms with E-state index in [0.717, 1.165) is 41.0 Å². The number of hydrogen-bond donors (Lipinski definition) is 0. The Morgan fingerprint density at radius 2 is 2.44 bits per heavy atom. The van der Waals surface area contributed by atoms with E-state index < -0.39 is 0 Å². The number of rotatable bonds is 3. The van der Waals surface area contributed by atoms with E-state index >= 15 is 0 Å². The highest BCUT2D eigenvalue weighted by atomic mass is 79.9. The molecule has 0 aliphatic carbocycles. The van der Waals surface area contributed by atoms with Crippen molar-refractivity contribution in [2.24, 2.45) is 0 Å². The molecule has 1 saturated heterocycles. The zero-order valence-electron chi connectivity index (χ0n) is 8.98. The van der Waals surface area contributed by atoms with Gasteiger partial charge in [-0.3, -0.25) is 0 Å². The van der Waals surface area contributed by atoms with E-state index in [1.54, 1.807) is 0 Å². The molecule has 1 unspecified atom stereocenters. The standard InChI is InChI=1S/C11H12BrN3O/c1-2-10-14-9-3-7(12)4-13-11(9)15(10)5-8-6-16-8/h3-4,8H,2,5-6H2,1H3. The molecule has 3 heterocycles. The smallest absolute Gasteiger partial charge is 0.160 e. The lowest BCUT2D eigenvalue weighted by molar-refractivity contribution is 0.382. The molecule has 16 heavy (non-hydrogen) atoms. The topological polar surface area (TPSA) is 43.2 Å². The van der Waals surface area contributed by atoms with Crippen LogP contribution in [0.25, 0.3) is 11.2 Å². The van der Waals surface area contributed by atoms with Crippen molar-refractivity contribution in [3.05, 3.63) is 22.6 Å². The molecule has 1 aliphatic heterocycles. The number of aromatic nitrogens is 3. The molecule has 84 valence electrons. The molecule has 3 rings (SSSR count). The van der Waals surface area contributed by atoms with Crippen LogP contribution in [-0.2, 0) is 17.7 Å². The van der Waals surface area contributed by atoms with Gasteiger partial charge in [0.2, 0.25) is 0 Å². The van der Waals surface area contributed by atoms with Crippen LogP contribution in [0.5, 0.6) is 0 Å². The molecular weight excluding hydrogens is 270 g/mol. The van der Waals surface area contributed by atoms with Crippen LogP contribution in [0.3, 0.4) is 0 Å². The molecular formula is C11H12BrN3O. The first-order valence-electron chi connectivity index (χ1n) is 5.40. The predicted molar refractivity (Wildman–Crippen MR) is 64.3 cm³/mol. The van der Waals surface area contributed by atoms with Crippen LogP contribution in [0.4, 0.5) is 0 Å². The third-order valence-corrected chi connectivity index (χ3v) is 3.17. The summed E-state index contributed by atoms with van der Waals surface area (Å²) in [7, 11) is 0. The third kappa shape index (κ3) is 1.74. The lowest BCUT2D eigenvalue weighted by atomic mass is 10.4. The van der Waals surface area contributed by atoms with Crippen molar-refractivity contribution in [2.45, 2.75) is 26.0 Å². The zero-order chi connectivity index (χ0) is 11.1. The minimum atomic E-state index is 0.355. The second-order valence-electron chi connectivity index (χ2n) is 3.94. The molecule has 1 aliphatic rings. The highest BCUT2D eigenvalue weighted by molar-refractivity contribution is 9.10.